The van der Waals surface area contributed by atoms with Crippen LogP contribution in [0.25, 0.3) is 0 Å². The number of nitrogens with zero attached hydrogens (tertiary/aromatic N) is 1. The van der Waals surface area contributed by atoms with Crippen LogP contribution in [0.15, 0.2) is 18.2 Å². The van der Waals surface area contributed by atoms with Crippen molar-refractivity contribution in [3.05, 3.63) is 28.2 Å². The first-order chi connectivity index (χ1) is 10.1. The molecule has 0 radical (unpaired) electrons. The van der Waals surface area contributed by atoms with E-state index in [0.29, 0.717) is 35.6 Å². The van der Waals surface area contributed by atoms with Crippen LogP contribution in [0.4, 0.5) is 0 Å². The first-order valence-corrected chi connectivity index (χ1v) is 7.78. The number of hydrogen-bond acceptors (Lipinski definition) is 4. The maximum atomic E-state index is 11.5. The first-order valence-electron chi connectivity index (χ1n) is 7.02. The van der Waals surface area contributed by atoms with E-state index < -0.39 is 0 Å². The number of halogens is 2. The monoisotopic (exact) mass is 333 g/mol. The normalized spacial score (nSPS) is 10.7. The molecule has 0 aliphatic rings. The maximum absolute atomic E-state index is 11.5. The Morgan fingerprint density at radius 1 is 1.24 bits per heavy atom. The van der Waals surface area contributed by atoms with Gasteiger partial charge in [-0.2, -0.15) is 0 Å². The lowest BCUT2D eigenvalue weighted by Crippen LogP contribution is -2.35. The molecule has 4 nitrogen and oxygen atoms in total. The van der Waals surface area contributed by atoms with Crippen LogP contribution in [0, 0.1) is 0 Å². The number of hydrogen-bond donors (Lipinski definition) is 0. The summed E-state index contributed by atoms with van der Waals surface area (Å²) in [6.07, 6.45) is 0.959. The Bertz CT molecular complexity index is 455. The number of esters is 1. The Hall–Kier alpha value is -0.970. The van der Waals surface area contributed by atoms with Crippen molar-refractivity contribution in [3.8, 4) is 5.75 Å². The summed E-state index contributed by atoms with van der Waals surface area (Å²) in [6.45, 7) is 6.43. The number of ether oxygens (including phenoxy) is 2. The topological polar surface area (TPSA) is 38.8 Å². The van der Waals surface area contributed by atoms with Crippen molar-refractivity contribution < 1.29 is 14.3 Å². The molecule has 0 amide bonds. The summed E-state index contributed by atoms with van der Waals surface area (Å²) in [5.74, 6) is 0.379. The van der Waals surface area contributed by atoms with E-state index in [4.69, 9.17) is 32.7 Å². The minimum atomic E-state index is -0.213. The first kappa shape index (κ1) is 18.1. The number of carbonyl (C=O) groups is 1. The van der Waals surface area contributed by atoms with Crippen molar-refractivity contribution in [2.45, 2.75) is 20.3 Å². The highest BCUT2D eigenvalue weighted by atomic mass is 35.5. The number of rotatable bonds is 9. The lowest BCUT2D eigenvalue weighted by molar-refractivity contribution is -0.144. The van der Waals surface area contributed by atoms with Gasteiger partial charge < -0.3 is 9.47 Å². The number of benzene rings is 1. The summed E-state index contributed by atoms with van der Waals surface area (Å²) < 4.78 is 10.6. The molecule has 0 saturated carbocycles. The zero-order chi connectivity index (χ0) is 15.7. The van der Waals surface area contributed by atoms with E-state index in [1.807, 2.05) is 4.90 Å². The van der Waals surface area contributed by atoms with Gasteiger partial charge in [0.25, 0.3) is 0 Å². The second-order valence-corrected chi connectivity index (χ2v) is 5.35. The van der Waals surface area contributed by atoms with E-state index in [1.165, 1.54) is 0 Å². The van der Waals surface area contributed by atoms with Crippen LogP contribution >= 0.6 is 23.2 Å². The molecular formula is C15H21Cl2NO3. The largest absolute Gasteiger partial charge is 0.491 e. The van der Waals surface area contributed by atoms with Gasteiger partial charge in [0.2, 0.25) is 0 Å². The summed E-state index contributed by atoms with van der Waals surface area (Å²) in [6, 6.07) is 5.10. The fraction of sp³-hybridized carbons (Fsp3) is 0.533. The van der Waals surface area contributed by atoms with Gasteiger partial charge in [0.1, 0.15) is 12.4 Å². The molecule has 118 valence electrons. The standard InChI is InChI=1S/C15H21Cl2NO3/c1-3-7-18(11-15(19)20-4-2)8-9-21-14-6-5-12(16)10-13(14)17/h5-6,10H,3-4,7-9,11H2,1-2H3. The van der Waals surface area contributed by atoms with Gasteiger partial charge in [0.05, 0.1) is 18.2 Å². The lowest BCUT2D eigenvalue weighted by Gasteiger charge is -2.20. The minimum Gasteiger partial charge on any atom is -0.491 e. The van der Waals surface area contributed by atoms with E-state index in [9.17, 15) is 4.79 Å². The van der Waals surface area contributed by atoms with Gasteiger partial charge in [-0.15, -0.1) is 0 Å². The molecule has 0 bridgehead atoms. The van der Waals surface area contributed by atoms with Crippen LogP contribution in [0.5, 0.6) is 5.75 Å². The van der Waals surface area contributed by atoms with Gasteiger partial charge in [-0.05, 0) is 38.1 Å². The van der Waals surface area contributed by atoms with E-state index in [0.717, 1.165) is 13.0 Å². The summed E-state index contributed by atoms with van der Waals surface area (Å²) >= 11 is 11.9. The third kappa shape index (κ3) is 7.02. The van der Waals surface area contributed by atoms with Crippen LogP contribution in [-0.2, 0) is 9.53 Å². The van der Waals surface area contributed by atoms with Gasteiger partial charge in [0.15, 0.2) is 0 Å². The average molecular weight is 334 g/mol. The van der Waals surface area contributed by atoms with E-state index in [-0.39, 0.29) is 12.5 Å². The second-order valence-electron chi connectivity index (χ2n) is 4.50. The zero-order valence-electron chi connectivity index (χ0n) is 12.4. The Morgan fingerprint density at radius 2 is 2.00 bits per heavy atom. The fourth-order valence-corrected chi connectivity index (χ4v) is 2.32. The predicted octanol–water partition coefficient (Wildman–Crippen LogP) is 3.65. The fourth-order valence-electron chi connectivity index (χ4n) is 1.85. The molecular weight excluding hydrogens is 313 g/mol. The SMILES string of the molecule is CCCN(CCOc1ccc(Cl)cc1Cl)CC(=O)OCC. The minimum absolute atomic E-state index is 0.213. The van der Waals surface area contributed by atoms with Crippen molar-refractivity contribution >= 4 is 29.2 Å². The molecule has 0 atom stereocenters. The van der Waals surface area contributed by atoms with Gasteiger partial charge in [-0.3, -0.25) is 9.69 Å². The van der Waals surface area contributed by atoms with Crippen molar-refractivity contribution in [3.63, 3.8) is 0 Å². The Kier molecular flexibility index (Phi) is 8.50. The van der Waals surface area contributed by atoms with Crippen LogP contribution < -0.4 is 4.74 Å². The Balaban J connectivity index is 2.44. The highest BCUT2D eigenvalue weighted by Gasteiger charge is 2.11. The van der Waals surface area contributed by atoms with Gasteiger partial charge in [0, 0.05) is 11.6 Å². The average Bonchev–Trinajstić information content (AvgIpc) is 2.41. The summed E-state index contributed by atoms with van der Waals surface area (Å²) in [7, 11) is 0. The van der Waals surface area contributed by atoms with Crippen molar-refractivity contribution in [1.82, 2.24) is 4.90 Å². The van der Waals surface area contributed by atoms with Gasteiger partial charge in [-0.1, -0.05) is 30.1 Å². The van der Waals surface area contributed by atoms with Crippen molar-refractivity contribution in [1.29, 1.82) is 0 Å². The molecule has 0 heterocycles. The van der Waals surface area contributed by atoms with Crippen molar-refractivity contribution in [2.75, 3.05) is 32.8 Å². The van der Waals surface area contributed by atoms with Crippen molar-refractivity contribution in [2.24, 2.45) is 0 Å². The van der Waals surface area contributed by atoms with Gasteiger partial charge in [-0.25, -0.2) is 0 Å². The third-order valence-electron chi connectivity index (χ3n) is 2.76. The predicted molar refractivity (Wildman–Crippen MR) is 85.3 cm³/mol. The van der Waals surface area contributed by atoms with E-state index in [2.05, 4.69) is 6.92 Å². The molecule has 6 heteroatoms. The molecule has 0 aliphatic heterocycles. The van der Waals surface area contributed by atoms with Crippen LogP contribution in [0.1, 0.15) is 20.3 Å². The summed E-state index contributed by atoms with van der Waals surface area (Å²) in [5.41, 5.74) is 0. The van der Waals surface area contributed by atoms with Crippen LogP contribution in [0.2, 0.25) is 10.0 Å². The van der Waals surface area contributed by atoms with Crippen LogP contribution in [0.3, 0.4) is 0 Å². The molecule has 0 N–H and O–H groups in total. The summed E-state index contributed by atoms with van der Waals surface area (Å²) in [5, 5.41) is 1.05. The molecule has 0 aromatic heterocycles. The van der Waals surface area contributed by atoms with E-state index in [1.54, 1.807) is 25.1 Å². The highest BCUT2D eigenvalue weighted by molar-refractivity contribution is 6.35. The maximum Gasteiger partial charge on any atom is 0.320 e. The molecule has 0 fully saturated rings. The highest BCUT2D eigenvalue weighted by Crippen LogP contribution is 2.27. The van der Waals surface area contributed by atoms with Gasteiger partial charge >= 0.3 is 5.97 Å². The Morgan fingerprint density at radius 3 is 2.62 bits per heavy atom. The Labute approximate surface area is 135 Å². The second kappa shape index (κ2) is 9.87. The molecule has 0 unspecified atom stereocenters. The number of carbonyl (C=O) groups excluding carboxylic acids is 1. The molecule has 1 aromatic rings. The van der Waals surface area contributed by atoms with Crippen LogP contribution in [-0.4, -0.2) is 43.7 Å². The third-order valence-corrected chi connectivity index (χ3v) is 3.29. The van der Waals surface area contributed by atoms with E-state index >= 15 is 0 Å². The molecule has 0 saturated heterocycles. The smallest absolute Gasteiger partial charge is 0.320 e. The molecule has 1 rings (SSSR count). The quantitative estimate of drug-likeness (QED) is 0.646. The molecule has 1 aromatic carbocycles. The molecule has 21 heavy (non-hydrogen) atoms. The molecule has 0 spiro atoms. The lowest BCUT2D eigenvalue weighted by atomic mass is 10.3. The zero-order valence-corrected chi connectivity index (χ0v) is 13.9. The molecule has 0 aliphatic carbocycles. The summed E-state index contributed by atoms with van der Waals surface area (Å²) in [4.78, 5) is 13.5.